The Hall–Kier alpha value is 0.994. The van der Waals surface area contributed by atoms with E-state index in [4.69, 9.17) is 92.8 Å². The lowest BCUT2D eigenvalue weighted by molar-refractivity contribution is 1.60. The fourth-order valence-corrected chi connectivity index (χ4v) is 4.21. The Morgan fingerprint density at radius 2 is 1.10 bits per heavy atom. The van der Waals surface area contributed by atoms with Crippen molar-refractivity contribution in [3.63, 3.8) is 0 Å². The molecule has 0 amide bonds. The third kappa shape index (κ3) is 9.86. The van der Waals surface area contributed by atoms with Gasteiger partial charge >= 0.3 is 0 Å². The molecule has 0 atom stereocenters. The maximum absolute atomic E-state index is 6.03. The zero-order valence-corrected chi connectivity index (χ0v) is 18.2. The summed E-state index contributed by atoms with van der Waals surface area (Å²) in [5.41, 5.74) is 0. The van der Waals surface area contributed by atoms with Crippen molar-refractivity contribution in [2.45, 2.75) is 0 Å². The second-order valence-corrected chi connectivity index (χ2v) is 8.14. The molecule has 25 radical (unpaired) electrons. The average molecular weight is 362 g/mol. The molecule has 0 fully saturated rings. The number of anilines is 1. The van der Waals surface area contributed by atoms with Gasteiger partial charge in [-0.15, -0.1) is 11.3 Å². The SMILES string of the molecule is CNc1cccs1.[B][B]B([B])B(B([B])[B])B(B(B([B])[B])B([B])[B])B(B([B])[B])B([B])[B]. The molecule has 25 heteroatoms. The van der Waals surface area contributed by atoms with Crippen molar-refractivity contribution in [3.05, 3.63) is 17.5 Å². The minimum absolute atomic E-state index is 0.648. The van der Waals surface area contributed by atoms with Crippen molar-refractivity contribution in [3.8, 4) is 0 Å². The van der Waals surface area contributed by atoms with Gasteiger partial charge in [0.15, 0.2) is 0 Å². The lowest BCUT2D eigenvalue weighted by Gasteiger charge is -2.45. The van der Waals surface area contributed by atoms with Crippen molar-refractivity contribution in [1.29, 1.82) is 0 Å². The first kappa shape index (κ1) is 31.0. The lowest BCUT2D eigenvalue weighted by Crippen LogP contribution is -2.83. The summed E-state index contributed by atoms with van der Waals surface area (Å²) in [5, 5.41) is 6.30. The first-order valence-corrected chi connectivity index (χ1v) is 10.4. The molecule has 1 N–H and O–H groups in total. The van der Waals surface area contributed by atoms with Crippen LogP contribution in [-0.4, -0.2) is 171 Å². The van der Waals surface area contributed by atoms with Crippen molar-refractivity contribution >= 4 is 180 Å². The van der Waals surface area contributed by atoms with E-state index in [0.717, 1.165) is 0 Å². The van der Waals surface area contributed by atoms with Crippen LogP contribution in [0.15, 0.2) is 17.5 Å². The van der Waals surface area contributed by atoms with Crippen LogP contribution < -0.4 is 5.32 Å². The second kappa shape index (κ2) is 15.8. The second-order valence-electron chi connectivity index (χ2n) is 7.19. The van der Waals surface area contributed by atoms with Gasteiger partial charge in [-0.05, 0) is 17.5 Å². The van der Waals surface area contributed by atoms with Crippen LogP contribution in [0.2, 0.25) is 0 Å². The zero-order valence-electron chi connectivity index (χ0n) is 17.4. The highest BCUT2D eigenvalue weighted by Crippen LogP contribution is 2.12. The average Bonchev–Trinajstić information content (AvgIpc) is 3.14. The molecule has 0 aromatic carbocycles. The minimum Gasteiger partial charge on any atom is -0.380 e. The van der Waals surface area contributed by atoms with Crippen molar-refractivity contribution < 1.29 is 0 Å². The molecule has 0 aliphatic rings. The third-order valence-corrected chi connectivity index (χ3v) is 5.88. The maximum Gasteiger partial charge on any atom is 0.0879 e. The van der Waals surface area contributed by atoms with Gasteiger partial charge in [0.2, 0.25) is 0 Å². The summed E-state index contributed by atoms with van der Waals surface area (Å²) >= 11 is 1.71. The Labute approximate surface area is 209 Å². The summed E-state index contributed by atoms with van der Waals surface area (Å²) in [6.07, 6.45) is -8.03. The van der Waals surface area contributed by atoms with Gasteiger partial charge in [0.05, 0.1) is 5.00 Å². The van der Waals surface area contributed by atoms with Crippen molar-refractivity contribution in [2.75, 3.05) is 12.4 Å². The van der Waals surface area contributed by atoms with Crippen molar-refractivity contribution in [2.24, 2.45) is 0 Å². The fraction of sp³-hybridized carbons (Fsp3) is 0.200. The number of nitrogens with one attached hydrogen (secondary N) is 1. The number of hydrogen-bond donors (Lipinski definition) is 1. The highest BCUT2D eigenvalue weighted by atomic mass is 32.1. The summed E-state index contributed by atoms with van der Waals surface area (Å²) in [4.78, 5) is 0. The van der Waals surface area contributed by atoms with Gasteiger partial charge in [0.1, 0.15) is 0 Å². The Bertz CT molecular complexity index is 498. The van der Waals surface area contributed by atoms with Crippen LogP contribution >= 0.6 is 11.3 Å². The monoisotopic (exact) mass is 366 g/mol. The molecular formula is C5H7B23NS. The van der Waals surface area contributed by atoms with Crippen molar-refractivity contribution in [1.82, 2.24) is 0 Å². The summed E-state index contributed by atoms with van der Waals surface area (Å²) in [7, 11) is 73.3. The molecule has 107 valence electrons. The summed E-state index contributed by atoms with van der Waals surface area (Å²) < 4.78 is 0. The van der Waals surface area contributed by atoms with Crippen LogP contribution in [0, 0.1) is 0 Å². The van der Waals surface area contributed by atoms with Crippen LogP contribution in [0.3, 0.4) is 0 Å². The molecule has 0 unspecified atom stereocenters. The molecule has 0 aliphatic heterocycles. The maximum atomic E-state index is 6.03. The Balaban J connectivity index is 0.000001000. The van der Waals surface area contributed by atoms with E-state index in [1.54, 1.807) is 11.3 Å². The molecule has 0 bridgehead atoms. The quantitative estimate of drug-likeness (QED) is 0.386. The standard InChI is InChI=1S/C5H7NS.B23/c1-6-5-3-2-4-7-5;1-13-19(12)22(18(10)11)23(20(14(2)3)15(4)5)21(16(6)7)17(8)9/h2-4,6H,1H3;. The predicted octanol–water partition coefficient (Wildman–Crippen LogP) is -6.97. The third-order valence-electron chi connectivity index (χ3n) is 4.99. The summed E-state index contributed by atoms with van der Waals surface area (Å²) in [6, 6.07) is 4.07. The van der Waals surface area contributed by atoms with Gasteiger partial charge < -0.3 is 5.32 Å². The van der Waals surface area contributed by atoms with Crippen LogP contribution in [0.1, 0.15) is 0 Å². The molecule has 1 aromatic rings. The molecule has 1 heterocycles. The Morgan fingerprint density at radius 3 is 1.30 bits per heavy atom. The van der Waals surface area contributed by atoms with E-state index in [-0.39, 0.29) is 0 Å². The first-order valence-electron chi connectivity index (χ1n) is 9.48. The molecule has 1 rings (SSSR count). The molecule has 1 aromatic heterocycles. The molecule has 0 saturated heterocycles. The van der Waals surface area contributed by atoms with E-state index in [0.29, 0.717) is 0 Å². The van der Waals surface area contributed by atoms with Gasteiger partial charge in [-0.1, -0.05) is 0 Å². The fourth-order valence-electron chi connectivity index (χ4n) is 3.63. The van der Waals surface area contributed by atoms with Gasteiger partial charge in [-0.25, -0.2) is 0 Å². The van der Waals surface area contributed by atoms with E-state index in [1.165, 1.54) is 12.1 Å². The van der Waals surface area contributed by atoms with E-state index >= 15 is 0 Å². The Morgan fingerprint density at radius 1 is 0.700 bits per heavy atom. The summed E-state index contributed by atoms with van der Waals surface area (Å²) in [5.74, 6) is 0. The van der Waals surface area contributed by atoms with Crippen LogP contribution in [-0.2, 0) is 0 Å². The summed E-state index contributed by atoms with van der Waals surface area (Å²) in [6.45, 7) is 0. The highest BCUT2D eigenvalue weighted by molar-refractivity contribution is 8.22. The van der Waals surface area contributed by atoms with E-state index < -0.39 is 63.9 Å². The van der Waals surface area contributed by atoms with Gasteiger partial charge in [0, 0.05) is 171 Å². The molecule has 30 heavy (non-hydrogen) atoms. The first-order chi connectivity index (χ1) is 13.9. The highest BCUT2D eigenvalue weighted by Gasteiger charge is 2.47. The van der Waals surface area contributed by atoms with Gasteiger partial charge in [-0.3, -0.25) is 0 Å². The van der Waals surface area contributed by atoms with E-state index in [9.17, 15) is 0 Å². The largest absolute Gasteiger partial charge is 0.380 e. The van der Waals surface area contributed by atoms with Crippen LogP contribution in [0.4, 0.5) is 5.00 Å². The molecule has 0 spiro atoms. The number of hydrogen-bond acceptors (Lipinski definition) is 2. The number of thiophene rings is 1. The minimum atomic E-state index is -0.925. The molecular weight excluding hydrogens is 355 g/mol. The van der Waals surface area contributed by atoms with Gasteiger partial charge in [-0.2, -0.15) is 0 Å². The van der Waals surface area contributed by atoms with E-state index in [1.807, 2.05) is 24.6 Å². The molecule has 0 saturated carbocycles. The van der Waals surface area contributed by atoms with E-state index in [2.05, 4.69) is 5.32 Å². The number of rotatable bonds is 11. The topological polar surface area (TPSA) is 12.0 Å². The normalized spacial score (nSPS) is 9.10. The molecule has 1 nitrogen and oxygen atoms in total. The van der Waals surface area contributed by atoms with Gasteiger partial charge in [0.25, 0.3) is 0 Å². The Kier molecular flexibility index (Phi) is 16.3. The lowest BCUT2D eigenvalue weighted by atomic mass is 8.36. The predicted molar refractivity (Wildman–Crippen MR) is 166 cm³/mol. The van der Waals surface area contributed by atoms with Crippen LogP contribution in [0.25, 0.3) is 0 Å². The molecule has 0 aliphatic carbocycles. The smallest absolute Gasteiger partial charge is 0.0879 e. The van der Waals surface area contributed by atoms with Crippen LogP contribution in [0.5, 0.6) is 0 Å². The zero-order chi connectivity index (χ0) is 23.6.